The SMILES string of the molecule is CCN(CC)C(=O)c1nc(C(=O)NC(C)(C)C)c2ccccn12. The van der Waals surface area contributed by atoms with Gasteiger partial charge in [-0.25, -0.2) is 4.98 Å². The quantitative estimate of drug-likeness (QED) is 0.941. The van der Waals surface area contributed by atoms with E-state index in [1.165, 1.54) is 0 Å². The number of nitrogens with one attached hydrogen (secondary N) is 1. The van der Waals surface area contributed by atoms with Crippen LogP contribution in [0.4, 0.5) is 0 Å². The van der Waals surface area contributed by atoms with Gasteiger partial charge in [0.15, 0.2) is 5.69 Å². The lowest BCUT2D eigenvalue weighted by molar-refractivity contribution is 0.0760. The first-order valence-corrected chi connectivity index (χ1v) is 7.87. The van der Waals surface area contributed by atoms with Crippen LogP contribution >= 0.6 is 0 Å². The lowest BCUT2D eigenvalue weighted by Gasteiger charge is -2.19. The zero-order valence-electron chi connectivity index (χ0n) is 14.4. The molecule has 2 aromatic rings. The molecular weight excluding hydrogens is 292 g/mol. The van der Waals surface area contributed by atoms with E-state index < -0.39 is 0 Å². The predicted octanol–water partition coefficient (Wildman–Crippen LogP) is 2.34. The summed E-state index contributed by atoms with van der Waals surface area (Å²) in [6.45, 7) is 10.8. The molecule has 2 aromatic heterocycles. The topological polar surface area (TPSA) is 66.7 Å². The Morgan fingerprint density at radius 3 is 2.43 bits per heavy atom. The number of nitrogens with zero attached hydrogens (tertiary/aromatic N) is 3. The van der Waals surface area contributed by atoms with Crippen LogP contribution in [0.15, 0.2) is 24.4 Å². The molecule has 0 fully saturated rings. The molecule has 1 N–H and O–H groups in total. The van der Waals surface area contributed by atoms with Crippen LogP contribution in [0.1, 0.15) is 55.7 Å². The van der Waals surface area contributed by atoms with E-state index in [1.807, 2.05) is 46.8 Å². The Kier molecular flexibility index (Phi) is 4.73. The summed E-state index contributed by atoms with van der Waals surface area (Å²) in [4.78, 5) is 31.2. The minimum atomic E-state index is -0.370. The Morgan fingerprint density at radius 1 is 1.22 bits per heavy atom. The van der Waals surface area contributed by atoms with Crippen molar-refractivity contribution in [1.82, 2.24) is 19.6 Å². The first-order chi connectivity index (χ1) is 10.8. The summed E-state index contributed by atoms with van der Waals surface area (Å²) in [5.41, 5.74) is 0.533. The molecule has 6 nitrogen and oxygen atoms in total. The van der Waals surface area contributed by atoms with E-state index in [-0.39, 0.29) is 28.9 Å². The van der Waals surface area contributed by atoms with Gasteiger partial charge in [-0.15, -0.1) is 0 Å². The molecule has 0 aromatic carbocycles. The van der Waals surface area contributed by atoms with Gasteiger partial charge in [-0.3, -0.25) is 14.0 Å². The van der Waals surface area contributed by atoms with E-state index in [0.29, 0.717) is 18.6 Å². The Morgan fingerprint density at radius 2 is 1.87 bits per heavy atom. The number of hydrogen-bond donors (Lipinski definition) is 1. The van der Waals surface area contributed by atoms with Gasteiger partial charge in [-0.1, -0.05) is 6.07 Å². The highest BCUT2D eigenvalue weighted by molar-refractivity contribution is 6.02. The Bertz CT molecular complexity index is 724. The van der Waals surface area contributed by atoms with Crippen LogP contribution in [-0.2, 0) is 0 Å². The summed E-state index contributed by atoms with van der Waals surface area (Å²) in [6, 6.07) is 5.44. The van der Waals surface area contributed by atoms with Crippen molar-refractivity contribution < 1.29 is 9.59 Å². The first kappa shape index (κ1) is 17.0. The first-order valence-electron chi connectivity index (χ1n) is 7.87. The highest BCUT2D eigenvalue weighted by Crippen LogP contribution is 2.16. The zero-order chi connectivity index (χ0) is 17.2. The van der Waals surface area contributed by atoms with Gasteiger partial charge in [0.25, 0.3) is 11.8 Å². The molecule has 2 heterocycles. The second-order valence-electron chi connectivity index (χ2n) is 6.42. The van der Waals surface area contributed by atoms with Crippen molar-refractivity contribution in [3.63, 3.8) is 0 Å². The Labute approximate surface area is 136 Å². The largest absolute Gasteiger partial charge is 0.346 e. The van der Waals surface area contributed by atoms with Crippen molar-refractivity contribution in [2.45, 2.75) is 40.2 Å². The smallest absolute Gasteiger partial charge is 0.290 e. The molecule has 0 unspecified atom stereocenters. The third-order valence-electron chi connectivity index (χ3n) is 3.49. The number of rotatable bonds is 4. The van der Waals surface area contributed by atoms with Crippen molar-refractivity contribution >= 4 is 17.3 Å². The molecule has 0 spiro atoms. The number of pyridine rings is 1. The number of fused-ring (bicyclic) bond motifs is 1. The van der Waals surface area contributed by atoms with Gasteiger partial charge in [-0.05, 0) is 46.8 Å². The minimum absolute atomic E-state index is 0.175. The number of aromatic nitrogens is 2. The predicted molar refractivity (Wildman–Crippen MR) is 89.7 cm³/mol. The normalized spacial score (nSPS) is 11.5. The molecule has 0 aliphatic heterocycles. The number of imidazole rings is 1. The summed E-state index contributed by atoms with van der Waals surface area (Å²) in [5.74, 6) is -0.186. The van der Waals surface area contributed by atoms with E-state index in [9.17, 15) is 9.59 Å². The number of amides is 2. The van der Waals surface area contributed by atoms with Crippen LogP contribution in [0.5, 0.6) is 0 Å². The molecule has 0 radical (unpaired) electrons. The maximum Gasteiger partial charge on any atom is 0.290 e. The van der Waals surface area contributed by atoms with E-state index in [4.69, 9.17) is 0 Å². The van der Waals surface area contributed by atoms with Crippen molar-refractivity contribution in [2.75, 3.05) is 13.1 Å². The van der Waals surface area contributed by atoms with Gasteiger partial charge >= 0.3 is 0 Å². The molecule has 0 saturated carbocycles. The maximum atomic E-state index is 12.7. The summed E-state index contributed by atoms with van der Waals surface area (Å²) in [7, 11) is 0. The highest BCUT2D eigenvalue weighted by atomic mass is 16.2. The minimum Gasteiger partial charge on any atom is -0.346 e. The van der Waals surface area contributed by atoms with Crippen LogP contribution in [0.25, 0.3) is 5.52 Å². The molecule has 0 bridgehead atoms. The second kappa shape index (κ2) is 6.40. The van der Waals surface area contributed by atoms with Gasteiger partial charge < -0.3 is 10.2 Å². The van der Waals surface area contributed by atoms with Crippen LogP contribution in [-0.4, -0.2) is 44.7 Å². The monoisotopic (exact) mass is 316 g/mol. The average molecular weight is 316 g/mol. The van der Waals surface area contributed by atoms with E-state index in [2.05, 4.69) is 10.3 Å². The highest BCUT2D eigenvalue weighted by Gasteiger charge is 2.25. The zero-order valence-corrected chi connectivity index (χ0v) is 14.4. The number of hydrogen-bond acceptors (Lipinski definition) is 3. The molecule has 23 heavy (non-hydrogen) atoms. The summed E-state index contributed by atoms with van der Waals surface area (Å²) >= 11 is 0. The van der Waals surface area contributed by atoms with Crippen LogP contribution in [0.3, 0.4) is 0 Å². The van der Waals surface area contributed by atoms with Crippen molar-refractivity contribution in [3.05, 3.63) is 35.9 Å². The fraction of sp³-hybridized carbons (Fsp3) is 0.471. The van der Waals surface area contributed by atoms with Gasteiger partial charge in [0.1, 0.15) is 0 Å². The molecule has 0 aliphatic carbocycles. The molecule has 124 valence electrons. The Balaban J connectivity index is 2.52. The van der Waals surface area contributed by atoms with Crippen LogP contribution in [0, 0.1) is 0 Å². The third-order valence-corrected chi connectivity index (χ3v) is 3.49. The van der Waals surface area contributed by atoms with E-state index in [1.54, 1.807) is 21.6 Å². The lowest BCUT2D eigenvalue weighted by atomic mass is 10.1. The van der Waals surface area contributed by atoms with Gasteiger partial charge in [0.2, 0.25) is 5.82 Å². The number of carbonyl (C=O) groups excluding carboxylic acids is 2. The second-order valence-corrected chi connectivity index (χ2v) is 6.42. The standard InChI is InChI=1S/C17H24N4O2/c1-6-20(7-2)16(23)14-18-13(15(22)19-17(3,4)5)12-10-8-9-11-21(12)14/h8-11H,6-7H2,1-5H3,(H,19,22). The fourth-order valence-electron chi connectivity index (χ4n) is 2.41. The van der Waals surface area contributed by atoms with E-state index >= 15 is 0 Å². The average Bonchev–Trinajstić information content (AvgIpc) is 2.86. The fourth-order valence-corrected chi connectivity index (χ4v) is 2.41. The molecule has 0 saturated heterocycles. The van der Waals surface area contributed by atoms with Gasteiger partial charge in [0.05, 0.1) is 5.52 Å². The molecule has 2 rings (SSSR count). The summed E-state index contributed by atoms with van der Waals surface area (Å²) in [6.07, 6.45) is 1.76. The van der Waals surface area contributed by atoms with Crippen molar-refractivity contribution in [2.24, 2.45) is 0 Å². The van der Waals surface area contributed by atoms with Gasteiger partial charge in [-0.2, -0.15) is 0 Å². The van der Waals surface area contributed by atoms with E-state index in [0.717, 1.165) is 0 Å². The molecule has 2 amide bonds. The maximum absolute atomic E-state index is 12.7. The van der Waals surface area contributed by atoms with Crippen LogP contribution in [0.2, 0.25) is 0 Å². The molecule has 0 atom stereocenters. The molecular formula is C17H24N4O2. The molecule has 0 aliphatic rings. The van der Waals surface area contributed by atoms with Gasteiger partial charge in [0, 0.05) is 24.8 Å². The summed E-state index contributed by atoms with van der Waals surface area (Å²) < 4.78 is 1.68. The molecule has 6 heteroatoms. The van der Waals surface area contributed by atoms with Crippen molar-refractivity contribution in [3.8, 4) is 0 Å². The third kappa shape index (κ3) is 3.52. The van der Waals surface area contributed by atoms with Crippen LogP contribution < -0.4 is 5.32 Å². The van der Waals surface area contributed by atoms with Crippen molar-refractivity contribution in [1.29, 1.82) is 0 Å². The lowest BCUT2D eigenvalue weighted by Crippen LogP contribution is -2.40. The summed E-state index contributed by atoms with van der Waals surface area (Å²) in [5, 5.41) is 2.90. The number of carbonyl (C=O) groups is 2. The Hall–Kier alpha value is -2.37.